The second kappa shape index (κ2) is 6.90. The van der Waals surface area contributed by atoms with Crippen LogP contribution in [0.3, 0.4) is 0 Å². The van der Waals surface area contributed by atoms with Crippen LogP contribution in [0.4, 0.5) is 11.4 Å². The fourth-order valence-electron chi connectivity index (χ4n) is 5.04. The summed E-state index contributed by atoms with van der Waals surface area (Å²) in [6, 6.07) is 15.4. The number of carbonyl (C=O) groups excluding carboxylic acids is 2. The van der Waals surface area contributed by atoms with Crippen LogP contribution >= 0.6 is 0 Å². The van der Waals surface area contributed by atoms with Gasteiger partial charge < -0.3 is 24.0 Å². The predicted octanol–water partition coefficient (Wildman–Crippen LogP) is 2.77. The Morgan fingerprint density at radius 2 is 1.74 bits per heavy atom. The topological polar surface area (TPSA) is 68.3 Å². The molecule has 1 atom stereocenters. The number of hydrogen-bond acceptors (Lipinski definition) is 7. The van der Waals surface area contributed by atoms with Gasteiger partial charge in [0.15, 0.2) is 5.41 Å². The molecular weight excluding hydrogens is 396 g/mol. The number of esters is 2. The van der Waals surface area contributed by atoms with E-state index in [0.717, 1.165) is 29.2 Å². The van der Waals surface area contributed by atoms with Crippen LogP contribution in [0.2, 0.25) is 0 Å². The smallest absolute Gasteiger partial charge is 0.329 e. The number of methoxy groups -OCH3 is 1. The van der Waals surface area contributed by atoms with E-state index < -0.39 is 29.2 Å². The van der Waals surface area contributed by atoms with Gasteiger partial charge in [-0.1, -0.05) is 24.3 Å². The van der Waals surface area contributed by atoms with Gasteiger partial charge in [-0.2, -0.15) is 0 Å². The third kappa shape index (κ3) is 3.02. The lowest BCUT2D eigenvalue weighted by Crippen LogP contribution is -2.71. The highest BCUT2D eigenvalue weighted by Gasteiger charge is 2.64. The normalized spacial score (nSPS) is 23.5. The van der Waals surface area contributed by atoms with Crippen LogP contribution in [0.1, 0.15) is 19.4 Å². The number of anilines is 2. The lowest BCUT2D eigenvalue weighted by atomic mass is 9.69. The highest BCUT2D eigenvalue weighted by Crippen LogP contribution is 2.48. The molecule has 1 spiro atoms. The van der Waals surface area contributed by atoms with E-state index in [1.165, 1.54) is 0 Å². The summed E-state index contributed by atoms with van der Waals surface area (Å²) in [4.78, 5) is 31.2. The average Bonchev–Trinajstić information content (AvgIpc) is 2.76. The first-order valence-electron chi connectivity index (χ1n) is 10.5. The molecule has 5 rings (SSSR count). The molecule has 0 aromatic heterocycles. The van der Waals surface area contributed by atoms with E-state index in [1.54, 1.807) is 21.0 Å². The Kier molecular flexibility index (Phi) is 4.39. The van der Waals surface area contributed by atoms with Gasteiger partial charge in [0.1, 0.15) is 5.75 Å². The number of cyclic esters (lactones) is 2. The van der Waals surface area contributed by atoms with Crippen LogP contribution < -0.4 is 14.5 Å². The maximum atomic E-state index is 13.4. The van der Waals surface area contributed by atoms with Gasteiger partial charge in [-0.3, -0.25) is 9.59 Å². The van der Waals surface area contributed by atoms with E-state index in [0.29, 0.717) is 13.1 Å². The molecule has 2 aromatic rings. The fraction of sp³-hybridized carbons (Fsp3) is 0.417. The average molecular weight is 422 g/mol. The fourth-order valence-corrected chi connectivity index (χ4v) is 5.04. The van der Waals surface area contributed by atoms with E-state index in [1.807, 2.05) is 42.5 Å². The van der Waals surface area contributed by atoms with Crippen LogP contribution in [-0.2, 0) is 25.5 Å². The van der Waals surface area contributed by atoms with Crippen molar-refractivity contribution in [3.05, 3.63) is 54.1 Å². The third-order valence-corrected chi connectivity index (χ3v) is 6.54. The van der Waals surface area contributed by atoms with E-state index in [2.05, 4.69) is 15.9 Å². The minimum absolute atomic E-state index is 0.268. The Labute approximate surface area is 181 Å². The summed E-state index contributed by atoms with van der Waals surface area (Å²) in [6.07, 6.45) is 0.268. The van der Waals surface area contributed by atoms with Gasteiger partial charge in [0.2, 0.25) is 0 Å². The largest absolute Gasteiger partial charge is 0.497 e. The summed E-state index contributed by atoms with van der Waals surface area (Å²) in [5.41, 5.74) is 1.61. The zero-order valence-corrected chi connectivity index (χ0v) is 18.0. The molecule has 2 fully saturated rings. The maximum Gasteiger partial charge on any atom is 0.329 e. The van der Waals surface area contributed by atoms with Crippen molar-refractivity contribution in [3.8, 4) is 5.75 Å². The Morgan fingerprint density at radius 3 is 2.48 bits per heavy atom. The molecule has 2 aromatic carbocycles. The Bertz CT molecular complexity index is 1030. The number of hydrogen-bond donors (Lipinski definition) is 0. The van der Waals surface area contributed by atoms with Crippen molar-refractivity contribution in [1.82, 2.24) is 0 Å². The Hall–Kier alpha value is -3.22. The van der Waals surface area contributed by atoms with Gasteiger partial charge in [-0.05, 0) is 23.8 Å². The molecule has 3 aliphatic rings. The van der Waals surface area contributed by atoms with Gasteiger partial charge in [0.25, 0.3) is 5.79 Å². The van der Waals surface area contributed by atoms with Crippen molar-refractivity contribution in [1.29, 1.82) is 0 Å². The molecule has 162 valence electrons. The second-order valence-corrected chi connectivity index (χ2v) is 8.81. The van der Waals surface area contributed by atoms with Gasteiger partial charge in [0, 0.05) is 57.3 Å². The van der Waals surface area contributed by atoms with E-state index in [-0.39, 0.29) is 6.42 Å². The van der Waals surface area contributed by atoms with Gasteiger partial charge >= 0.3 is 11.9 Å². The van der Waals surface area contributed by atoms with Crippen LogP contribution in [-0.4, -0.2) is 50.5 Å². The van der Waals surface area contributed by atoms with Crippen molar-refractivity contribution >= 4 is 23.3 Å². The molecule has 31 heavy (non-hydrogen) atoms. The first kappa shape index (κ1) is 19.7. The molecule has 0 aliphatic carbocycles. The summed E-state index contributed by atoms with van der Waals surface area (Å²) in [5, 5.41) is 0. The van der Waals surface area contributed by atoms with Crippen molar-refractivity contribution in [2.24, 2.45) is 5.41 Å². The monoisotopic (exact) mass is 422 g/mol. The van der Waals surface area contributed by atoms with Crippen LogP contribution in [0.25, 0.3) is 0 Å². The van der Waals surface area contributed by atoms with Crippen molar-refractivity contribution < 1.29 is 23.8 Å². The zero-order valence-electron chi connectivity index (χ0n) is 18.0. The maximum absolute atomic E-state index is 13.4. The molecule has 0 saturated carbocycles. The number of ether oxygens (including phenoxy) is 3. The van der Waals surface area contributed by atoms with E-state index in [9.17, 15) is 9.59 Å². The number of benzene rings is 2. The number of piperazine rings is 1. The quantitative estimate of drug-likeness (QED) is 0.545. The van der Waals surface area contributed by atoms with E-state index >= 15 is 0 Å². The Balaban J connectivity index is 1.58. The summed E-state index contributed by atoms with van der Waals surface area (Å²) in [6.45, 7) is 5.10. The molecule has 3 aliphatic heterocycles. The van der Waals surface area contributed by atoms with Crippen LogP contribution in [0.5, 0.6) is 5.75 Å². The van der Waals surface area contributed by atoms with Crippen molar-refractivity contribution in [2.75, 3.05) is 36.5 Å². The standard InChI is InChI=1S/C24H26N2O5/c1-23(2)30-21(27)24(22(28)31-23)14-16-7-4-5-10-19(16)26-12-11-25(15-20(24)26)17-8-6-9-18(13-17)29-3/h4-10,13,20H,11-12,14-15H2,1-3H3. The molecular formula is C24H26N2O5. The predicted molar refractivity (Wildman–Crippen MR) is 115 cm³/mol. The zero-order chi connectivity index (χ0) is 21.8. The number of carbonyl (C=O) groups is 2. The van der Waals surface area contributed by atoms with Gasteiger partial charge in [-0.25, -0.2) is 0 Å². The second-order valence-electron chi connectivity index (χ2n) is 8.81. The van der Waals surface area contributed by atoms with Crippen LogP contribution in [0.15, 0.2) is 48.5 Å². The number of para-hydroxylation sites is 1. The first-order valence-corrected chi connectivity index (χ1v) is 10.5. The molecule has 0 bridgehead atoms. The Morgan fingerprint density at radius 1 is 1.00 bits per heavy atom. The summed E-state index contributed by atoms with van der Waals surface area (Å²) in [7, 11) is 1.64. The van der Waals surface area contributed by atoms with Gasteiger partial charge in [-0.15, -0.1) is 0 Å². The van der Waals surface area contributed by atoms with Gasteiger partial charge in [0.05, 0.1) is 13.2 Å². The summed E-state index contributed by atoms with van der Waals surface area (Å²) < 4.78 is 16.6. The van der Waals surface area contributed by atoms with Crippen molar-refractivity contribution in [3.63, 3.8) is 0 Å². The first-order chi connectivity index (χ1) is 14.8. The SMILES string of the molecule is COc1cccc(N2CCN3c4ccccc4CC4(C(=O)OC(C)(C)OC4=O)C3C2)c1. The molecule has 7 heteroatoms. The van der Waals surface area contributed by atoms with Crippen LogP contribution in [0, 0.1) is 5.41 Å². The molecule has 2 saturated heterocycles. The number of nitrogens with zero attached hydrogens (tertiary/aromatic N) is 2. The lowest BCUT2D eigenvalue weighted by Gasteiger charge is -2.55. The van der Waals surface area contributed by atoms with E-state index in [4.69, 9.17) is 14.2 Å². The molecule has 1 unspecified atom stereocenters. The highest BCUT2D eigenvalue weighted by atomic mass is 16.7. The third-order valence-electron chi connectivity index (χ3n) is 6.54. The molecule has 0 radical (unpaired) electrons. The number of fused-ring (bicyclic) bond motifs is 4. The summed E-state index contributed by atoms with van der Waals surface area (Å²) >= 11 is 0. The number of rotatable bonds is 2. The van der Waals surface area contributed by atoms with Crippen molar-refractivity contribution in [2.45, 2.75) is 32.1 Å². The molecule has 7 nitrogen and oxygen atoms in total. The molecule has 3 heterocycles. The summed E-state index contributed by atoms with van der Waals surface area (Å²) in [5.74, 6) is -1.51. The minimum atomic E-state index is -1.40. The molecule has 0 amide bonds. The highest BCUT2D eigenvalue weighted by molar-refractivity contribution is 6.04. The lowest BCUT2D eigenvalue weighted by molar-refractivity contribution is -0.253. The molecule has 0 N–H and O–H groups in total. The minimum Gasteiger partial charge on any atom is -0.497 e.